The second-order valence-electron chi connectivity index (χ2n) is 2.51. The van der Waals surface area contributed by atoms with Crippen LogP contribution in [0.25, 0.3) is 0 Å². The zero-order chi connectivity index (χ0) is 6.62. The van der Waals surface area contributed by atoms with E-state index in [1.807, 2.05) is 0 Å². The van der Waals surface area contributed by atoms with Crippen LogP contribution in [0.3, 0.4) is 0 Å². The normalized spacial score (nSPS) is 12.0. The van der Waals surface area contributed by atoms with E-state index in [1.54, 1.807) is 0 Å². The van der Waals surface area contributed by atoms with Crippen LogP contribution >= 0.6 is 31.2 Å². The van der Waals surface area contributed by atoms with Gasteiger partial charge in [0.05, 0.1) is 0 Å². The van der Waals surface area contributed by atoms with Crippen molar-refractivity contribution in [1.82, 2.24) is 0 Å². The summed E-state index contributed by atoms with van der Waals surface area (Å²) in [7, 11) is 0. The van der Waals surface area contributed by atoms with Crippen LogP contribution < -0.4 is 0 Å². The highest BCUT2D eigenvalue weighted by molar-refractivity contribution is 9.26. The van der Waals surface area contributed by atoms with E-state index in [0.717, 1.165) is 5.33 Å². The van der Waals surface area contributed by atoms with E-state index in [0.29, 0.717) is 0 Å². The zero-order valence-electron chi connectivity index (χ0n) is 5.38. The summed E-state index contributed by atoms with van der Waals surface area (Å²) in [6.45, 7) is 3.76. The molecule has 0 bridgehead atoms. The Balaban J connectivity index is 3.11. The van der Waals surface area contributed by atoms with E-state index in [1.165, 1.54) is 12.5 Å². The largest absolute Gasteiger partial charge is 0.127 e. The summed E-state index contributed by atoms with van der Waals surface area (Å²) in [6, 6.07) is 1.37. The van der Waals surface area contributed by atoms with Gasteiger partial charge in [-0.2, -0.15) is 0 Å². The number of hydrogen-bond acceptors (Lipinski definition) is 0. The van der Waals surface area contributed by atoms with Crippen LogP contribution in [0.1, 0.15) is 6.42 Å². The van der Waals surface area contributed by atoms with Crippen molar-refractivity contribution in [2.75, 3.05) is 5.33 Å². The summed E-state index contributed by atoms with van der Waals surface area (Å²) < 4.78 is 0. The molecule has 0 rings (SSSR count). The van der Waals surface area contributed by atoms with Crippen molar-refractivity contribution in [3.05, 3.63) is 0 Å². The van der Waals surface area contributed by atoms with E-state index < -0.39 is 6.69 Å². The zero-order valence-corrected chi connectivity index (χ0v) is 9.55. The van der Waals surface area contributed by atoms with Gasteiger partial charge in [0.15, 0.2) is 0 Å². The lowest BCUT2D eigenvalue weighted by Crippen LogP contribution is -2.14. The lowest BCUT2D eigenvalue weighted by molar-refractivity contribution is 1.09. The summed E-state index contributed by atoms with van der Waals surface area (Å²) in [6.07, 6.45) is 1.31. The second kappa shape index (κ2) is 4.07. The number of alkyl halides is 1. The summed E-state index contributed by atoms with van der Waals surface area (Å²) in [5.74, 6) is 0. The topological polar surface area (TPSA) is 0 Å². The second-order valence-corrected chi connectivity index (χ2v) is 13.7. The molecule has 0 aliphatic heterocycles. The third kappa shape index (κ3) is 7.18. The Hall–Kier alpha value is 1.18. The molecular weight excluding hydrogens is 248 g/mol. The highest BCUT2D eigenvalue weighted by atomic mass is 79.9. The van der Waals surface area contributed by atoms with Gasteiger partial charge in [-0.15, -0.1) is 15.3 Å². The van der Waals surface area contributed by atoms with Gasteiger partial charge in [-0.25, -0.2) is 0 Å². The Morgan fingerprint density at radius 1 is 1.38 bits per heavy atom. The van der Waals surface area contributed by atoms with Gasteiger partial charge >= 0.3 is 0 Å². The minimum Gasteiger partial charge on any atom is -0.127 e. The van der Waals surface area contributed by atoms with Crippen LogP contribution in [-0.2, 0) is 0 Å². The molecule has 0 saturated heterocycles. The van der Waals surface area contributed by atoms with Gasteiger partial charge in [0.2, 0.25) is 0 Å². The molecule has 0 spiro atoms. The van der Waals surface area contributed by atoms with Crippen LogP contribution in [0, 0.1) is 0 Å². The average Bonchev–Trinajstić information content (AvgIpc) is 1.59. The molecule has 0 radical (unpaired) electrons. The van der Waals surface area contributed by atoms with Gasteiger partial charge in [0.25, 0.3) is 0 Å². The summed E-state index contributed by atoms with van der Waals surface area (Å²) in [4.78, 5) is 0. The van der Waals surface area contributed by atoms with Crippen molar-refractivity contribution in [1.29, 1.82) is 0 Å². The highest BCUT2D eigenvalue weighted by Gasteiger charge is 2.13. The Kier molecular flexibility index (Phi) is 4.66. The minimum atomic E-state index is -0.896. The summed E-state index contributed by atoms with van der Waals surface area (Å²) in [5, 5.41) is 1.15. The minimum absolute atomic E-state index is 0.896. The van der Waals surface area contributed by atoms with Gasteiger partial charge in [-0.05, 0) is 12.5 Å². The standard InChI is InChI=1S/C5H12Br2Si/c1-8(2,7)5-3-4-6/h3-5H2,1-2H3. The molecule has 0 saturated carbocycles. The number of rotatable bonds is 3. The Morgan fingerprint density at radius 2 is 1.88 bits per heavy atom. The molecule has 0 atom stereocenters. The lowest BCUT2D eigenvalue weighted by atomic mass is 10.6. The average molecular weight is 260 g/mol. The Bertz CT molecular complexity index is 57.9. The molecule has 0 aromatic rings. The molecule has 8 heavy (non-hydrogen) atoms. The van der Waals surface area contributed by atoms with Gasteiger partial charge in [0.1, 0.15) is 6.69 Å². The van der Waals surface area contributed by atoms with E-state index in [-0.39, 0.29) is 0 Å². The van der Waals surface area contributed by atoms with Crippen LogP contribution in [0.5, 0.6) is 0 Å². The first kappa shape index (κ1) is 9.18. The smallest absolute Gasteiger partial charge is 0.124 e. The fourth-order valence-electron chi connectivity index (χ4n) is 0.487. The maximum absolute atomic E-state index is 3.70. The van der Waals surface area contributed by atoms with E-state index in [2.05, 4.69) is 44.3 Å². The molecule has 50 valence electrons. The summed E-state index contributed by atoms with van der Waals surface area (Å²) >= 11 is 7.10. The van der Waals surface area contributed by atoms with Crippen molar-refractivity contribution in [3.8, 4) is 0 Å². The molecular formula is C5H12Br2Si. The highest BCUT2D eigenvalue weighted by Crippen LogP contribution is 2.18. The van der Waals surface area contributed by atoms with Crippen molar-refractivity contribution in [2.24, 2.45) is 0 Å². The molecule has 0 unspecified atom stereocenters. The van der Waals surface area contributed by atoms with Crippen molar-refractivity contribution >= 4 is 37.9 Å². The third-order valence-electron chi connectivity index (χ3n) is 0.905. The lowest BCUT2D eigenvalue weighted by Gasteiger charge is -2.10. The first-order valence-electron chi connectivity index (χ1n) is 2.81. The molecule has 0 aromatic carbocycles. The maximum Gasteiger partial charge on any atom is 0.124 e. The Labute approximate surface area is 68.8 Å². The molecule has 3 heteroatoms. The van der Waals surface area contributed by atoms with Crippen molar-refractivity contribution in [2.45, 2.75) is 25.6 Å². The predicted molar refractivity (Wildman–Crippen MR) is 49.6 cm³/mol. The molecule has 0 fully saturated rings. The van der Waals surface area contributed by atoms with Crippen LogP contribution in [0.4, 0.5) is 0 Å². The van der Waals surface area contributed by atoms with Crippen molar-refractivity contribution < 1.29 is 0 Å². The van der Waals surface area contributed by atoms with Gasteiger partial charge in [-0.1, -0.05) is 29.0 Å². The maximum atomic E-state index is 3.70. The van der Waals surface area contributed by atoms with Crippen LogP contribution in [0.2, 0.25) is 19.1 Å². The van der Waals surface area contributed by atoms with Gasteiger partial charge < -0.3 is 0 Å². The van der Waals surface area contributed by atoms with E-state index >= 15 is 0 Å². The predicted octanol–water partition coefficient (Wildman–Crippen LogP) is 3.37. The molecule has 0 aliphatic carbocycles. The van der Waals surface area contributed by atoms with E-state index in [4.69, 9.17) is 0 Å². The molecule has 0 N–H and O–H groups in total. The number of halogens is 2. The number of hydrogen-bond donors (Lipinski definition) is 0. The Morgan fingerprint density at radius 3 is 2.00 bits per heavy atom. The van der Waals surface area contributed by atoms with Crippen molar-refractivity contribution in [3.63, 3.8) is 0 Å². The van der Waals surface area contributed by atoms with Gasteiger partial charge in [-0.3, -0.25) is 0 Å². The first-order chi connectivity index (χ1) is 3.56. The SMILES string of the molecule is C[Si](C)(Br)CCCBr. The third-order valence-corrected chi connectivity index (χ3v) is 4.20. The first-order valence-corrected chi connectivity index (χ1v) is 9.40. The molecule has 0 aromatic heterocycles. The fourth-order valence-corrected chi connectivity index (χ4v) is 3.14. The van der Waals surface area contributed by atoms with E-state index in [9.17, 15) is 0 Å². The molecule has 0 nitrogen and oxygen atoms in total. The van der Waals surface area contributed by atoms with Crippen LogP contribution in [0.15, 0.2) is 0 Å². The molecule has 0 heterocycles. The monoisotopic (exact) mass is 258 g/mol. The molecule has 0 aliphatic rings. The molecule has 0 amide bonds. The summed E-state index contributed by atoms with van der Waals surface area (Å²) in [5.41, 5.74) is 0. The fraction of sp³-hybridized carbons (Fsp3) is 1.00. The van der Waals surface area contributed by atoms with Gasteiger partial charge in [0, 0.05) is 5.33 Å². The quantitative estimate of drug-likeness (QED) is 0.414. The van der Waals surface area contributed by atoms with Crippen LogP contribution in [-0.4, -0.2) is 12.0 Å².